The van der Waals surface area contributed by atoms with Crippen molar-refractivity contribution in [2.45, 2.75) is 25.6 Å². The molecule has 3 rings (SSSR count). The zero-order chi connectivity index (χ0) is 15.5. The molecule has 1 atom stereocenters. The lowest BCUT2D eigenvalue weighted by Crippen LogP contribution is -2.48. The topological polar surface area (TPSA) is 66.8 Å². The molecule has 22 heavy (non-hydrogen) atoms. The lowest BCUT2D eigenvalue weighted by Gasteiger charge is -2.32. The monoisotopic (exact) mass is 317 g/mol. The first kappa shape index (κ1) is 14.6. The van der Waals surface area contributed by atoms with E-state index in [1.807, 2.05) is 41.8 Å². The van der Waals surface area contributed by atoms with E-state index in [9.17, 15) is 14.7 Å². The van der Waals surface area contributed by atoms with Crippen LogP contribution in [0, 0.1) is 0 Å². The summed E-state index contributed by atoms with van der Waals surface area (Å²) in [5.41, 5.74) is 1.88. The number of hydrogen-bond donors (Lipinski definition) is 1. The minimum atomic E-state index is -1.01. The normalized spacial score (nSPS) is 16.9. The van der Waals surface area contributed by atoms with Crippen molar-refractivity contribution in [2.75, 3.05) is 0 Å². The Morgan fingerprint density at radius 2 is 2.05 bits per heavy atom. The lowest BCUT2D eigenvalue weighted by molar-refractivity contribution is -0.143. The standard InChI is InChI=1S/C16H15NO4S/c18-15(19)13-8-12-6-7-22-14(12)9-17(13)16(20)21-10-11-4-2-1-3-5-11/h1-7,13H,8-10H2,(H,18,19). The van der Waals surface area contributed by atoms with E-state index in [0.717, 1.165) is 16.0 Å². The van der Waals surface area contributed by atoms with Gasteiger partial charge in [0.05, 0.1) is 6.54 Å². The number of rotatable bonds is 3. The first-order chi connectivity index (χ1) is 10.6. The van der Waals surface area contributed by atoms with Crippen LogP contribution in [0.3, 0.4) is 0 Å². The van der Waals surface area contributed by atoms with Crippen LogP contribution in [0.1, 0.15) is 16.0 Å². The molecule has 0 fully saturated rings. The summed E-state index contributed by atoms with van der Waals surface area (Å²) in [5, 5.41) is 11.3. The molecule has 0 saturated heterocycles. The first-order valence-electron chi connectivity index (χ1n) is 6.90. The minimum Gasteiger partial charge on any atom is -0.480 e. The van der Waals surface area contributed by atoms with Crippen molar-refractivity contribution in [1.82, 2.24) is 4.90 Å². The first-order valence-corrected chi connectivity index (χ1v) is 7.78. The zero-order valence-corrected chi connectivity index (χ0v) is 12.6. The van der Waals surface area contributed by atoms with Gasteiger partial charge < -0.3 is 9.84 Å². The lowest BCUT2D eigenvalue weighted by atomic mass is 10.0. The maximum atomic E-state index is 12.3. The summed E-state index contributed by atoms with van der Waals surface area (Å²) in [5.74, 6) is -1.01. The van der Waals surface area contributed by atoms with E-state index in [1.165, 1.54) is 16.2 Å². The molecule has 1 aliphatic heterocycles. The quantitative estimate of drug-likeness (QED) is 0.945. The number of benzene rings is 1. The van der Waals surface area contributed by atoms with E-state index in [1.54, 1.807) is 0 Å². The van der Waals surface area contributed by atoms with Crippen LogP contribution in [-0.4, -0.2) is 28.1 Å². The predicted octanol–water partition coefficient (Wildman–Crippen LogP) is 2.90. The van der Waals surface area contributed by atoms with E-state index < -0.39 is 18.1 Å². The van der Waals surface area contributed by atoms with Crippen LogP contribution < -0.4 is 0 Å². The van der Waals surface area contributed by atoms with Gasteiger partial charge in [0.15, 0.2) is 0 Å². The van der Waals surface area contributed by atoms with Gasteiger partial charge >= 0.3 is 12.1 Å². The van der Waals surface area contributed by atoms with Crippen LogP contribution in [-0.2, 0) is 29.1 Å². The third-order valence-corrected chi connectivity index (χ3v) is 4.61. The van der Waals surface area contributed by atoms with E-state index in [-0.39, 0.29) is 13.2 Å². The van der Waals surface area contributed by atoms with E-state index >= 15 is 0 Å². The number of amides is 1. The fourth-order valence-electron chi connectivity index (χ4n) is 2.49. The molecule has 114 valence electrons. The molecule has 0 aliphatic carbocycles. The second kappa shape index (κ2) is 6.19. The molecular weight excluding hydrogens is 302 g/mol. The van der Waals surface area contributed by atoms with Gasteiger partial charge in [-0.25, -0.2) is 9.59 Å². The van der Waals surface area contributed by atoms with Gasteiger partial charge in [-0.2, -0.15) is 0 Å². The maximum absolute atomic E-state index is 12.3. The number of thiophene rings is 1. The van der Waals surface area contributed by atoms with Crippen molar-refractivity contribution in [3.8, 4) is 0 Å². The molecule has 2 aromatic rings. The Morgan fingerprint density at radius 3 is 2.77 bits per heavy atom. The number of hydrogen-bond acceptors (Lipinski definition) is 4. The van der Waals surface area contributed by atoms with Crippen molar-refractivity contribution in [3.63, 3.8) is 0 Å². The fraction of sp³-hybridized carbons (Fsp3) is 0.250. The summed E-state index contributed by atoms with van der Waals surface area (Å²) in [6.45, 7) is 0.428. The Labute approximate surface area is 131 Å². The van der Waals surface area contributed by atoms with Crippen molar-refractivity contribution in [2.24, 2.45) is 0 Å². The molecule has 1 aliphatic rings. The van der Waals surface area contributed by atoms with E-state index in [4.69, 9.17) is 4.74 Å². The second-order valence-electron chi connectivity index (χ2n) is 5.10. The largest absolute Gasteiger partial charge is 0.480 e. The Hall–Kier alpha value is -2.34. The van der Waals surface area contributed by atoms with Gasteiger partial charge in [-0.05, 0) is 22.6 Å². The van der Waals surface area contributed by atoms with Gasteiger partial charge in [0.25, 0.3) is 0 Å². The van der Waals surface area contributed by atoms with Crippen LogP contribution >= 0.6 is 11.3 Å². The molecule has 1 aromatic carbocycles. The number of carbonyl (C=O) groups is 2. The molecule has 1 amide bonds. The number of aliphatic carboxylic acids is 1. The molecule has 2 heterocycles. The maximum Gasteiger partial charge on any atom is 0.411 e. The van der Waals surface area contributed by atoms with Gasteiger partial charge in [0.2, 0.25) is 0 Å². The highest BCUT2D eigenvalue weighted by molar-refractivity contribution is 7.10. The Balaban J connectivity index is 1.71. The molecule has 0 bridgehead atoms. The Morgan fingerprint density at radius 1 is 1.27 bits per heavy atom. The highest BCUT2D eigenvalue weighted by Crippen LogP contribution is 2.28. The van der Waals surface area contributed by atoms with E-state index in [2.05, 4.69) is 0 Å². The number of nitrogens with zero attached hydrogens (tertiary/aromatic N) is 1. The van der Waals surface area contributed by atoms with Gasteiger partial charge in [0, 0.05) is 11.3 Å². The molecule has 5 nitrogen and oxygen atoms in total. The van der Waals surface area contributed by atoms with Crippen molar-refractivity contribution < 1.29 is 19.4 Å². The highest BCUT2D eigenvalue weighted by Gasteiger charge is 2.36. The van der Waals surface area contributed by atoms with Crippen LogP contribution in [0.15, 0.2) is 41.8 Å². The van der Waals surface area contributed by atoms with Gasteiger partial charge in [-0.3, -0.25) is 4.90 Å². The number of ether oxygens (including phenoxy) is 1. The summed E-state index contributed by atoms with van der Waals surface area (Å²) in [6.07, 6.45) is -0.260. The third kappa shape index (κ3) is 2.96. The zero-order valence-electron chi connectivity index (χ0n) is 11.8. The minimum absolute atomic E-state index is 0.139. The highest BCUT2D eigenvalue weighted by atomic mass is 32.1. The van der Waals surface area contributed by atoms with Crippen LogP contribution in [0.25, 0.3) is 0 Å². The fourth-order valence-corrected chi connectivity index (χ4v) is 3.40. The Kier molecular flexibility index (Phi) is 4.11. The smallest absolute Gasteiger partial charge is 0.411 e. The second-order valence-corrected chi connectivity index (χ2v) is 6.10. The van der Waals surface area contributed by atoms with Gasteiger partial charge in [0.1, 0.15) is 12.6 Å². The van der Waals surface area contributed by atoms with E-state index in [0.29, 0.717) is 6.42 Å². The van der Waals surface area contributed by atoms with Crippen molar-refractivity contribution in [3.05, 3.63) is 57.8 Å². The van der Waals surface area contributed by atoms with Crippen molar-refractivity contribution in [1.29, 1.82) is 0 Å². The summed E-state index contributed by atoms with van der Waals surface area (Å²) >= 11 is 1.53. The average molecular weight is 317 g/mol. The summed E-state index contributed by atoms with van der Waals surface area (Å²) in [7, 11) is 0. The summed E-state index contributed by atoms with van der Waals surface area (Å²) < 4.78 is 5.27. The molecular formula is C16H15NO4S. The molecule has 0 radical (unpaired) electrons. The molecule has 0 spiro atoms. The number of carboxylic acid groups (broad SMARTS) is 1. The van der Waals surface area contributed by atoms with Gasteiger partial charge in [-0.15, -0.1) is 11.3 Å². The van der Waals surface area contributed by atoms with Crippen LogP contribution in [0.5, 0.6) is 0 Å². The molecule has 1 N–H and O–H groups in total. The van der Waals surface area contributed by atoms with Gasteiger partial charge in [-0.1, -0.05) is 30.3 Å². The Bertz CT molecular complexity index is 682. The molecule has 1 aromatic heterocycles. The number of fused-ring (bicyclic) bond motifs is 1. The van der Waals surface area contributed by atoms with Crippen molar-refractivity contribution >= 4 is 23.4 Å². The summed E-state index contributed by atoms with van der Waals surface area (Å²) in [4.78, 5) is 26.0. The number of carbonyl (C=O) groups excluding carboxylic acids is 1. The molecule has 0 saturated carbocycles. The van der Waals surface area contributed by atoms with Crippen LogP contribution in [0.4, 0.5) is 4.79 Å². The average Bonchev–Trinajstić information content (AvgIpc) is 2.99. The SMILES string of the molecule is O=C(O)C1Cc2ccsc2CN1C(=O)OCc1ccccc1. The number of carboxylic acids is 1. The molecule has 6 heteroatoms. The molecule has 1 unspecified atom stereocenters. The van der Waals surface area contributed by atoms with Crippen LogP contribution in [0.2, 0.25) is 0 Å². The third-order valence-electron chi connectivity index (χ3n) is 3.67. The summed E-state index contributed by atoms with van der Waals surface area (Å²) in [6, 6.07) is 10.4. The predicted molar refractivity (Wildman–Crippen MR) is 81.6 cm³/mol.